The molecule has 2 atom stereocenters. The van der Waals surface area contributed by atoms with Crippen molar-refractivity contribution in [1.82, 2.24) is 25.0 Å². The number of esters is 1. The van der Waals surface area contributed by atoms with Gasteiger partial charge in [0, 0.05) is 61.8 Å². The smallest absolute Gasteiger partial charge is 0.347 e. The number of nitrogens with one attached hydrogen (secondary N) is 2. The number of aromatic amines is 1. The molecule has 348 valence electrons. The number of ether oxygens (including phenoxy) is 2. The second-order valence-electron chi connectivity index (χ2n) is 17.3. The molecule has 0 saturated carbocycles. The van der Waals surface area contributed by atoms with Crippen molar-refractivity contribution in [3.63, 3.8) is 0 Å². The topological polar surface area (TPSA) is 185 Å². The van der Waals surface area contributed by atoms with Crippen LogP contribution in [-0.2, 0) is 32.9 Å². The molecule has 5 N–H and O–H groups in total. The van der Waals surface area contributed by atoms with Crippen LogP contribution in [0.4, 0.5) is 0 Å². The first-order valence-corrected chi connectivity index (χ1v) is 22.9. The van der Waals surface area contributed by atoms with Gasteiger partial charge in [0.2, 0.25) is 11.2 Å². The Hall–Kier alpha value is -6.84. The van der Waals surface area contributed by atoms with E-state index in [2.05, 4.69) is 27.3 Å². The van der Waals surface area contributed by atoms with Gasteiger partial charge < -0.3 is 44.9 Å². The first kappa shape index (κ1) is 46.7. The van der Waals surface area contributed by atoms with Crippen LogP contribution in [0.5, 0.6) is 11.5 Å². The lowest BCUT2D eigenvalue weighted by Crippen LogP contribution is -2.51. The number of benzene rings is 5. The molecule has 2 amide bonds. The van der Waals surface area contributed by atoms with Crippen molar-refractivity contribution in [2.24, 2.45) is 5.92 Å². The quantitative estimate of drug-likeness (QED) is 0.0603. The summed E-state index contributed by atoms with van der Waals surface area (Å²) in [5.41, 5.74) is 1.88. The fourth-order valence-corrected chi connectivity index (χ4v) is 8.87. The van der Waals surface area contributed by atoms with Crippen molar-refractivity contribution in [3.8, 4) is 11.5 Å². The highest BCUT2D eigenvalue weighted by atomic mass is 16.5. The van der Waals surface area contributed by atoms with E-state index in [9.17, 15) is 34.5 Å². The summed E-state index contributed by atoms with van der Waals surface area (Å²) in [7, 11) is 0. The van der Waals surface area contributed by atoms with Gasteiger partial charge in [-0.25, -0.2) is 4.79 Å². The summed E-state index contributed by atoms with van der Waals surface area (Å²) in [5, 5.41) is 37.0. The fourth-order valence-electron chi connectivity index (χ4n) is 8.87. The highest BCUT2D eigenvalue weighted by molar-refractivity contribution is 5.94. The van der Waals surface area contributed by atoms with Crippen molar-refractivity contribution in [2.75, 3.05) is 65.6 Å². The number of piperazine rings is 1. The highest BCUT2D eigenvalue weighted by Gasteiger charge is 2.42. The maximum absolute atomic E-state index is 13.9. The molecule has 14 nitrogen and oxygen atoms in total. The minimum absolute atomic E-state index is 0.0631. The molecule has 1 aromatic heterocycles. The number of hydrogen-bond acceptors (Lipinski definition) is 11. The maximum Gasteiger partial charge on any atom is 0.347 e. The summed E-state index contributed by atoms with van der Waals surface area (Å²) < 4.78 is 11.8. The number of aliphatic hydroxyl groups is 2. The molecule has 0 aliphatic carbocycles. The van der Waals surface area contributed by atoms with E-state index in [4.69, 9.17) is 9.47 Å². The van der Waals surface area contributed by atoms with Crippen LogP contribution in [0, 0.1) is 5.92 Å². The molecule has 0 bridgehead atoms. The lowest BCUT2D eigenvalue weighted by molar-refractivity contribution is -0.164. The van der Waals surface area contributed by atoms with Crippen LogP contribution in [0.2, 0.25) is 0 Å². The summed E-state index contributed by atoms with van der Waals surface area (Å²) in [4.78, 5) is 60.8. The van der Waals surface area contributed by atoms with E-state index in [1.165, 1.54) is 17.7 Å². The van der Waals surface area contributed by atoms with E-state index < -0.39 is 17.7 Å². The predicted molar refractivity (Wildman–Crippen MR) is 253 cm³/mol. The van der Waals surface area contributed by atoms with Crippen molar-refractivity contribution >= 4 is 28.7 Å². The van der Waals surface area contributed by atoms with Gasteiger partial charge in [-0.3, -0.25) is 19.3 Å². The standard InChI is InChI=1S/C53H57N5O9/c59-46-20-18-44(45-19-21-48(61)55-50(45)46)47(60)33-54-25-22-37-14-16-40(17-15-37)51(63)58-30-28-57(29-31-58)49(62)36-66-43-13-7-12-42(32-43)53(65,41-10-5-2-6-11-41)52(64)67-35-39-23-26-56(27-24-39)34-38-8-3-1-4-9-38/h1-21,32,39,47,54,59-60,65H,22-31,33-36H2,(H,55,61)/t47-,53?/m0/s1. The molecule has 3 heterocycles. The fraction of sp³-hybridized carbons (Fsp3) is 0.321. The number of phenolic OH excluding ortho intramolecular Hbond substituents is 1. The lowest BCUT2D eigenvalue weighted by atomic mass is 9.86. The number of fused-ring (bicyclic) bond motifs is 1. The Balaban J connectivity index is 0.783. The van der Waals surface area contributed by atoms with Gasteiger partial charge in [0.1, 0.15) is 11.5 Å². The Labute approximate surface area is 389 Å². The number of aromatic nitrogens is 1. The Morgan fingerprint density at radius 1 is 0.761 bits per heavy atom. The second-order valence-corrected chi connectivity index (χ2v) is 17.3. The molecule has 2 fully saturated rings. The number of pyridine rings is 1. The largest absolute Gasteiger partial charge is 0.506 e. The van der Waals surface area contributed by atoms with E-state index in [1.54, 1.807) is 82.6 Å². The number of likely N-dealkylation sites (tertiary alicyclic amines) is 1. The molecule has 2 saturated heterocycles. The van der Waals surface area contributed by atoms with Crippen LogP contribution < -0.4 is 15.6 Å². The van der Waals surface area contributed by atoms with E-state index in [0.29, 0.717) is 67.0 Å². The number of aliphatic hydroxyl groups excluding tert-OH is 1. The first-order chi connectivity index (χ1) is 32.5. The molecule has 0 spiro atoms. The molecule has 5 aromatic carbocycles. The SMILES string of the molecule is O=C(COc1cccc(C(O)(C(=O)OCC2CCN(Cc3ccccc3)CC2)c2ccccc2)c1)N1CCN(C(=O)c2ccc(CCNC[C@H](O)c3ccc(O)c4[nH]c(=O)ccc34)cc2)CC1. The molecule has 1 unspecified atom stereocenters. The van der Waals surface area contributed by atoms with Crippen molar-refractivity contribution in [2.45, 2.75) is 37.5 Å². The minimum Gasteiger partial charge on any atom is -0.506 e. The molecule has 67 heavy (non-hydrogen) atoms. The number of piperidine rings is 1. The van der Waals surface area contributed by atoms with Crippen LogP contribution in [0.25, 0.3) is 10.9 Å². The number of rotatable bonds is 17. The number of amides is 2. The number of carbonyl (C=O) groups is 3. The van der Waals surface area contributed by atoms with Gasteiger partial charge in [-0.1, -0.05) is 91.0 Å². The number of hydrogen-bond donors (Lipinski definition) is 5. The van der Waals surface area contributed by atoms with Crippen LogP contribution in [0.15, 0.2) is 138 Å². The summed E-state index contributed by atoms with van der Waals surface area (Å²) in [5.74, 6) is -0.715. The van der Waals surface area contributed by atoms with Crippen LogP contribution in [0.3, 0.4) is 0 Å². The third-order valence-corrected chi connectivity index (χ3v) is 12.8. The lowest BCUT2D eigenvalue weighted by Gasteiger charge is -2.34. The Kier molecular flexibility index (Phi) is 15.1. The zero-order chi connectivity index (χ0) is 46.8. The van der Waals surface area contributed by atoms with Gasteiger partial charge in [0.25, 0.3) is 11.8 Å². The zero-order valence-corrected chi connectivity index (χ0v) is 37.4. The molecule has 0 radical (unpaired) electrons. The van der Waals surface area contributed by atoms with E-state index in [0.717, 1.165) is 38.0 Å². The number of aromatic hydroxyl groups is 1. The van der Waals surface area contributed by atoms with Crippen molar-refractivity contribution in [3.05, 3.63) is 177 Å². The highest BCUT2D eigenvalue weighted by Crippen LogP contribution is 2.34. The molecule has 8 rings (SSSR count). The maximum atomic E-state index is 13.9. The number of H-pyrrole nitrogens is 1. The molecule has 2 aliphatic heterocycles. The molecule has 14 heteroatoms. The first-order valence-electron chi connectivity index (χ1n) is 22.9. The third-order valence-electron chi connectivity index (χ3n) is 12.8. The summed E-state index contributed by atoms with van der Waals surface area (Å²) in [6.07, 6.45) is 1.56. The molecular formula is C53H57N5O9. The predicted octanol–water partition coefficient (Wildman–Crippen LogP) is 5.15. The summed E-state index contributed by atoms with van der Waals surface area (Å²) in [6, 6.07) is 39.1. The summed E-state index contributed by atoms with van der Waals surface area (Å²) in [6.45, 7) is 4.85. The molecule has 2 aliphatic rings. The number of phenols is 1. The number of carbonyl (C=O) groups excluding carboxylic acids is 3. The number of nitrogens with zero attached hydrogens (tertiary/aromatic N) is 3. The van der Waals surface area contributed by atoms with E-state index in [-0.39, 0.29) is 59.9 Å². The van der Waals surface area contributed by atoms with E-state index in [1.807, 2.05) is 36.4 Å². The van der Waals surface area contributed by atoms with Crippen LogP contribution in [-0.4, -0.2) is 118 Å². The van der Waals surface area contributed by atoms with Crippen molar-refractivity contribution < 1.29 is 39.2 Å². The molecule has 6 aromatic rings. The van der Waals surface area contributed by atoms with Gasteiger partial charge >= 0.3 is 5.97 Å². The monoisotopic (exact) mass is 907 g/mol. The molecular weight excluding hydrogens is 851 g/mol. The van der Waals surface area contributed by atoms with Gasteiger partial charge in [0.05, 0.1) is 18.2 Å². The average Bonchev–Trinajstić information content (AvgIpc) is 3.37. The summed E-state index contributed by atoms with van der Waals surface area (Å²) >= 11 is 0. The Bertz CT molecular complexity index is 2680. The van der Waals surface area contributed by atoms with Crippen LogP contribution in [0.1, 0.15) is 57.1 Å². The average molecular weight is 908 g/mol. The van der Waals surface area contributed by atoms with Crippen molar-refractivity contribution in [1.29, 1.82) is 0 Å². The van der Waals surface area contributed by atoms with Gasteiger partial charge in [0.15, 0.2) is 6.61 Å². The van der Waals surface area contributed by atoms with Gasteiger partial charge in [-0.05, 0) is 103 Å². The van der Waals surface area contributed by atoms with Gasteiger partial charge in [-0.2, -0.15) is 0 Å². The zero-order valence-electron chi connectivity index (χ0n) is 37.4. The van der Waals surface area contributed by atoms with E-state index >= 15 is 0 Å². The van der Waals surface area contributed by atoms with Crippen LogP contribution >= 0.6 is 0 Å². The minimum atomic E-state index is -2.11. The normalized spacial score (nSPS) is 16.0. The third kappa shape index (κ3) is 11.4. The second kappa shape index (κ2) is 21.6. The Morgan fingerprint density at radius 3 is 2.18 bits per heavy atom. The van der Waals surface area contributed by atoms with Gasteiger partial charge in [-0.15, -0.1) is 0 Å². The Morgan fingerprint density at radius 2 is 1.45 bits per heavy atom.